The SMILES string of the molecule is O=C(Cl)CCCC(Br)Br. The lowest BCUT2D eigenvalue weighted by atomic mass is 10.3. The minimum absolute atomic E-state index is 0.254. The molecule has 0 aliphatic carbocycles. The largest absolute Gasteiger partial charge is 0.281 e. The zero-order valence-corrected chi connectivity index (χ0v) is 8.67. The van der Waals surface area contributed by atoms with Crippen LogP contribution in [0.25, 0.3) is 0 Å². The Hall–Kier alpha value is 0.920. The molecule has 0 aromatic heterocycles. The molecule has 0 aliphatic rings. The van der Waals surface area contributed by atoms with Gasteiger partial charge in [-0.15, -0.1) is 0 Å². The lowest BCUT2D eigenvalue weighted by Gasteiger charge is -1.96. The second-order valence-electron chi connectivity index (χ2n) is 1.64. The quantitative estimate of drug-likeness (QED) is 0.570. The summed E-state index contributed by atoms with van der Waals surface area (Å²) in [7, 11) is 0. The van der Waals surface area contributed by atoms with Gasteiger partial charge in [-0.05, 0) is 24.4 Å². The third-order valence-electron chi connectivity index (χ3n) is 0.796. The maximum Gasteiger partial charge on any atom is 0.221 e. The number of carbonyl (C=O) groups is 1. The van der Waals surface area contributed by atoms with Crippen LogP contribution in [0.3, 0.4) is 0 Å². The molecule has 0 amide bonds. The van der Waals surface area contributed by atoms with Crippen molar-refractivity contribution in [2.75, 3.05) is 0 Å². The van der Waals surface area contributed by atoms with Crippen molar-refractivity contribution in [3.63, 3.8) is 0 Å². The average Bonchev–Trinajstić information content (AvgIpc) is 1.63. The van der Waals surface area contributed by atoms with Crippen molar-refractivity contribution in [3.05, 3.63) is 0 Å². The summed E-state index contributed by atoms with van der Waals surface area (Å²) in [6, 6.07) is 0. The van der Waals surface area contributed by atoms with Gasteiger partial charge in [0.2, 0.25) is 5.24 Å². The van der Waals surface area contributed by atoms with Gasteiger partial charge in [0.1, 0.15) is 0 Å². The Morgan fingerprint density at radius 3 is 2.44 bits per heavy atom. The van der Waals surface area contributed by atoms with E-state index in [1.165, 1.54) is 0 Å². The Morgan fingerprint density at radius 2 is 2.11 bits per heavy atom. The average molecular weight is 278 g/mol. The molecule has 0 radical (unpaired) electrons. The zero-order valence-electron chi connectivity index (χ0n) is 4.74. The molecule has 0 heterocycles. The van der Waals surface area contributed by atoms with Crippen molar-refractivity contribution in [2.45, 2.75) is 23.0 Å². The molecular formula is C5H7Br2ClO. The van der Waals surface area contributed by atoms with Gasteiger partial charge < -0.3 is 0 Å². The summed E-state index contributed by atoms with van der Waals surface area (Å²) in [6.07, 6.45) is 2.23. The highest BCUT2D eigenvalue weighted by Gasteiger charge is 1.99. The Morgan fingerprint density at radius 1 is 1.56 bits per heavy atom. The fraction of sp³-hybridized carbons (Fsp3) is 0.800. The first-order valence-electron chi connectivity index (χ1n) is 2.59. The molecule has 1 nitrogen and oxygen atoms in total. The molecule has 0 saturated carbocycles. The number of halogens is 3. The van der Waals surface area contributed by atoms with Crippen LogP contribution in [0.4, 0.5) is 0 Å². The van der Waals surface area contributed by atoms with E-state index in [1.54, 1.807) is 0 Å². The summed E-state index contributed by atoms with van der Waals surface area (Å²) in [5, 5.41) is -0.254. The molecule has 0 unspecified atom stereocenters. The van der Waals surface area contributed by atoms with E-state index in [0.717, 1.165) is 12.8 Å². The Kier molecular flexibility index (Phi) is 6.27. The zero-order chi connectivity index (χ0) is 7.28. The van der Waals surface area contributed by atoms with E-state index in [1.807, 2.05) is 0 Å². The van der Waals surface area contributed by atoms with Crippen LogP contribution in [0.5, 0.6) is 0 Å². The van der Waals surface area contributed by atoms with E-state index >= 15 is 0 Å². The van der Waals surface area contributed by atoms with Gasteiger partial charge in [0.15, 0.2) is 0 Å². The predicted octanol–water partition coefficient (Wildman–Crippen LogP) is 3.04. The maximum absolute atomic E-state index is 10.2. The second-order valence-corrected chi connectivity index (χ2v) is 5.50. The van der Waals surface area contributed by atoms with Crippen LogP contribution < -0.4 is 0 Å². The van der Waals surface area contributed by atoms with Gasteiger partial charge in [0.05, 0.1) is 3.74 Å². The van der Waals surface area contributed by atoms with Crippen molar-refractivity contribution < 1.29 is 4.79 Å². The predicted molar refractivity (Wildman–Crippen MR) is 46.4 cm³/mol. The molecule has 0 fully saturated rings. The van der Waals surface area contributed by atoms with E-state index < -0.39 is 0 Å². The summed E-state index contributed by atoms with van der Waals surface area (Å²) in [5.74, 6) is 0. The molecule has 0 atom stereocenters. The van der Waals surface area contributed by atoms with Crippen molar-refractivity contribution >= 4 is 48.7 Å². The van der Waals surface area contributed by atoms with Crippen molar-refractivity contribution in [3.8, 4) is 0 Å². The molecule has 0 aromatic carbocycles. The van der Waals surface area contributed by atoms with Crippen LogP contribution in [0.15, 0.2) is 0 Å². The monoisotopic (exact) mass is 276 g/mol. The van der Waals surface area contributed by atoms with Crippen molar-refractivity contribution in [1.29, 1.82) is 0 Å². The molecule has 4 heteroatoms. The van der Waals surface area contributed by atoms with E-state index in [-0.39, 0.29) is 5.24 Å². The normalized spacial score (nSPS) is 10.2. The van der Waals surface area contributed by atoms with Gasteiger partial charge in [-0.3, -0.25) is 4.79 Å². The molecule has 0 aliphatic heterocycles. The fourth-order valence-electron chi connectivity index (χ4n) is 0.395. The number of hydrogen-bond donors (Lipinski definition) is 0. The minimum atomic E-state index is -0.254. The highest BCUT2D eigenvalue weighted by atomic mass is 79.9. The van der Waals surface area contributed by atoms with E-state index in [0.29, 0.717) is 10.2 Å². The lowest BCUT2D eigenvalue weighted by Crippen LogP contribution is -1.89. The molecule has 54 valence electrons. The highest BCUT2D eigenvalue weighted by Crippen LogP contribution is 2.15. The molecule has 0 N–H and O–H groups in total. The van der Waals surface area contributed by atoms with Crippen LogP contribution in [-0.4, -0.2) is 8.98 Å². The Bertz CT molecular complexity index is 95.0. The van der Waals surface area contributed by atoms with Crippen LogP contribution in [0.1, 0.15) is 19.3 Å². The van der Waals surface area contributed by atoms with Crippen LogP contribution in [-0.2, 0) is 4.79 Å². The summed E-state index contributed by atoms with van der Waals surface area (Å²) in [6.45, 7) is 0. The van der Waals surface area contributed by atoms with Gasteiger partial charge >= 0.3 is 0 Å². The van der Waals surface area contributed by atoms with Gasteiger partial charge in [0, 0.05) is 6.42 Å². The standard InChI is InChI=1S/C5H7Br2ClO/c6-4(7)2-1-3-5(8)9/h4H,1-3H2. The third-order valence-corrected chi connectivity index (χ3v) is 1.90. The van der Waals surface area contributed by atoms with Gasteiger partial charge in [-0.2, -0.15) is 0 Å². The Balaban J connectivity index is 3.01. The lowest BCUT2D eigenvalue weighted by molar-refractivity contribution is -0.111. The molecular weight excluding hydrogens is 271 g/mol. The first-order chi connectivity index (χ1) is 4.13. The molecule has 0 spiro atoms. The summed E-state index contributed by atoms with van der Waals surface area (Å²) in [5.41, 5.74) is 0. The summed E-state index contributed by atoms with van der Waals surface area (Å²) in [4.78, 5) is 10.2. The first kappa shape index (κ1) is 9.92. The van der Waals surface area contributed by atoms with Gasteiger partial charge in [-0.1, -0.05) is 31.9 Å². The topological polar surface area (TPSA) is 17.1 Å². The van der Waals surface area contributed by atoms with Crippen molar-refractivity contribution in [2.24, 2.45) is 0 Å². The highest BCUT2D eigenvalue weighted by molar-refractivity contribution is 9.24. The second kappa shape index (κ2) is 5.69. The summed E-state index contributed by atoms with van der Waals surface area (Å²) < 4.78 is 0.306. The molecule has 0 rings (SSSR count). The minimum Gasteiger partial charge on any atom is -0.281 e. The molecule has 0 saturated heterocycles. The summed E-state index contributed by atoms with van der Waals surface area (Å²) >= 11 is 11.7. The van der Waals surface area contributed by atoms with Crippen molar-refractivity contribution in [1.82, 2.24) is 0 Å². The van der Waals surface area contributed by atoms with Gasteiger partial charge in [-0.25, -0.2) is 0 Å². The Labute approximate surface area is 76.4 Å². The third kappa shape index (κ3) is 8.92. The molecule has 9 heavy (non-hydrogen) atoms. The van der Waals surface area contributed by atoms with Gasteiger partial charge in [0.25, 0.3) is 0 Å². The molecule has 0 aromatic rings. The van der Waals surface area contributed by atoms with E-state index in [9.17, 15) is 4.79 Å². The molecule has 0 bridgehead atoms. The van der Waals surface area contributed by atoms with E-state index in [4.69, 9.17) is 11.6 Å². The fourth-order valence-corrected chi connectivity index (χ4v) is 1.18. The number of alkyl halides is 2. The number of hydrogen-bond acceptors (Lipinski definition) is 1. The number of rotatable bonds is 4. The van der Waals surface area contributed by atoms with Crippen LogP contribution in [0, 0.1) is 0 Å². The smallest absolute Gasteiger partial charge is 0.221 e. The van der Waals surface area contributed by atoms with E-state index in [2.05, 4.69) is 31.9 Å². The number of carbonyl (C=O) groups excluding carboxylic acids is 1. The van der Waals surface area contributed by atoms with Crippen LogP contribution >= 0.6 is 43.5 Å². The first-order valence-corrected chi connectivity index (χ1v) is 4.80. The van der Waals surface area contributed by atoms with Crippen LogP contribution in [0.2, 0.25) is 0 Å². The maximum atomic E-state index is 10.2.